The fraction of sp³-hybridized carbons (Fsp3) is 0.450. The van der Waals surface area contributed by atoms with Crippen molar-refractivity contribution in [3.05, 3.63) is 48.3 Å². The molecular weight excluding hydrogens is 415 g/mol. The van der Waals surface area contributed by atoms with Gasteiger partial charge in [-0.2, -0.15) is 13.2 Å². The first-order valence-corrected chi connectivity index (χ1v) is 10.7. The highest BCUT2D eigenvalue weighted by Crippen LogP contribution is 2.35. The maximum Gasteiger partial charge on any atom is 0.418 e. The summed E-state index contributed by atoms with van der Waals surface area (Å²) in [4.78, 5) is 14.1. The number of para-hydroxylation sites is 1. The lowest BCUT2D eigenvalue weighted by molar-refractivity contribution is -0.137. The van der Waals surface area contributed by atoms with Crippen molar-refractivity contribution in [2.24, 2.45) is 0 Å². The number of aromatic nitrogens is 3. The zero-order valence-corrected chi connectivity index (χ0v) is 17.3. The summed E-state index contributed by atoms with van der Waals surface area (Å²) in [6.45, 7) is 6.02. The minimum atomic E-state index is -4.52. The zero-order chi connectivity index (χ0) is 21.6. The molecule has 1 fully saturated rings. The Morgan fingerprint density at radius 3 is 2.63 bits per heavy atom. The van der Waals surface area contributed by atoms with Crippen LogP contribution >= 0.6 is 11.8 Å². The number of likely N-dealkylation sites (tertiary alicyclic amines) is 1. The summed E-state index contributed by atoms with van der Waals surface area (Å²) in [5.41, 5.74) is -0.793. The minimum absolute atomic E-state index is 0.0177. The van der Waals surface area contributed by atoms with Crippen LogP contribution in [0, 0.1) is 0 Å². The average Bonchev–Trinajstić information content (AvgIpc) is 3.13. The maximum absolute atomic E-state index is 13.7. The third-order valence-corrected chi connectivity index (χ3v) is 5.67. The van der Waals surface area contributed by atoms with Gasteiger partial charge < -0.3 is 5.32 Å². The van der Waals surface area contributed by atoms with E-state index in [2.05, 4.69) is 27.0 Å². The number of halogens is 3. The van der Waals surface area contributed by atoms with Crippen LogP contribution in [-0.4, -0.2) is 51.0 Å². The van der Waals surface area contributed by atoms with Crippen LogP contribution < -0.4 is 5.32 Å². The SMILES string of the molecule is C=CCNC(=O)CSc1nnc(CN2CCCCC2)n1-c1ccccc1C(F)(F)F. The lowest BCUT2D eigenvalue weighted by Gasteiger charge is -2.26. The summed E-state index contributed by atoms with van der Waals surface area (Å²) in [6, 6.07) is 5.37. The van der Waals surface area contributed by atoms with E-state index in [0.29, 0.717) is 18.9 Å². The predicted molar refractivity (Wildman–Crippen MR) is 109 cm³/mol. The molecule has 10 heteroatoms. The van der Waals surface area contributed by atoms with Gasteiger partial charge in [0.1, 0.15) is 0 Å². The summed E-state index contributed by atoms with van der Waals surface area (Å²) in [5, 5.41) is 11.2. The molecule has 0 bridgehead atoms. The third kappa shape index (κ3) is 5.63. The van der Waals surface area contributed by atoms with E-state index in [1.165, 1.54) is 16.7 Å². The molecule has 3 rings (SSSR count). The highest BCUT2D eigenvalue weighted by Gasteiger charge is 2.35. The maximum atomic E-state index is 13.7. The number of hydrogen-bond donors (Lipinski definition) is 1. The van der Waals surface area contributed by atoms with Crippen LogP contribution in [0.1, 0.15) is 30.7 Å². The second kappa shape index (κ2) is 10.1. The van der Waals surface area contributed by atoms with Crippen molar-refractivity contribution in [1.29, 1.82) is 0 Å². The Morgan fingerprint density at radius 2 is 1.93 bits per heavy atom. The Kier molecular flexibility index (Phi) is 7.54. The van der Waals surface area contributed by atoms with E-state index in [1.807, 2.05) is 0 Å². The molecule has 1 saturated heterocycles. The first kappa shape index (κ1) is 22.4. The van der Waals surface area contributed by atoms with E-state index < -0.39 is 11.7 Å². The van der Waals surface area contributed by atoms with Gasteiger partial charge >= 0.3 is 6.18 Å². The molecule has 30 heavy (non-hydrogen) atoms. The average molecular weight is 440 g/mol. The van der Waals surface area contributed by atoms with Gasteiger partial charge in [0.2, 0.25) is 5.91 Å². The molecule has 0 radical (unpaired) electrons. The van der Waals surface area contributed by atoms with Crippen LogP contribution in [0.15, 0.2) is 42.1 Å². The van der Waals surface area contributed by atoms with Crippen LogP contribution in [0.4, 0.5) is 13.2 Å². The van der Waals surface area contributed by atoms with Crippen LogP contribution in [0.25, 0.3) is 5.69 Å². The largest absolute Gasteiger partial charge is 0.418 e. The molecule has 0 saturated carbocycles. The van der Waals surface area contributed by atoms with Gasteiger partial charge in [-0.25, -0.2) is 0 Å². The molecule has 1 aliphatic heterocycles. The predicted octanol–water partition coefficient (Wildman–Crippen LogP) is 3.67. The number of rotatable bonds is 8. The normalized spacial score (nSPS) is 15.2. The standard InChI is InChI=1S/C20H24F3N5OS/c1-2-10-24-18(29)14-30-19-26-25-17(13-27-11-6-3-7-12-27)28(19)16-9-5-4-8-15(16)20(21,22)23/h2,4-5,8-9H,1,3,6-7,10-14H2,(H,24,29). The van der Waals surface area contributed by atoms with Crippen molar-refractivity contribution in [3.63, 3.8) is 0 Å². The number of hydrogen-bond acceptors (Lipinski definition) is 5. The number of alkyl halides is 3. The Balaban J connectivity index is 1.94. The van der Waals surface area contributed by atoms with E-state index in [-0.39, 0.29) is 22.5 Å². The number of nitrogens with one attached hydrogen (secondary N) is 1. The highest BCUT2D eigenvalue weighted by molar-refractivity contribution is 7.99. The van der Waals surface area contributed by atoms with E-state index >= 15 is 0 Å². The van der Waals surface area contributed by atoms with Crippen LogP contribution in [0.2, 0.25) is 0 Å². The summed E-state index contributed by atoms with van der Waals surface area (Å²) in [7, 11) is 0. The Labute approximate surface area is 177 Å². The minimum Gasteiger partial charge on any atom is -0.352 e. The Morgan fingerprint density at radius 1 is 1.20 bits per heavy atom. The van der Waals surface area contributed by atoms with Gasteiger partial charge in [0.15, 0.2) is 11.0 Å². The molecule has 6 nitrogen and oxygen atoms in total. The number of piperidine rings is 1. The molecule has 1 amide bonds. The lowest BCUT2D eigenvalue weighted by Crippen LogP contribution is -2.30. The van der Waals surface area contributed by atoms with Crippen molar-refractivity contribution in [3.8, 4) is 5.69 Å². The van der Waals surface area contributed by atoms with Gasteiger partial charge in [0.05, 0.1) is 23.5 Å². The molecule has 1 aliphatic rings. The molecule has 0 aliphatic carbocycles. The number of carbonyl (C=O) groups excluding carboxylic acids is 1. The molecule has 162 valence electrons. The summed E-state index contributed by atoms with van der Waals surface area (Å²) < 4.78 is 42.4. The van der Waals surface area contributed by atoms with Gasteiger partial charge in [0.25, 0.3) is 0 Å². The smallest absolute Gasteiger partial charge is 0.352 e. The second-order valence-electron chi connectivity index (χ2n) is 6.97. The first-order valence-electron chi connectivity index (χ1n) is 9.74. The Hall–Kier alpha value is -2.33. The van der Waals surface area contributed by atoms with Gasteiger partial charge in [-0.15, -0.1) is 16.8 Å². The van der Waals surface area contributed by atoms with Crippen LogP contribution in [0.5, 0.6) is 0 Å². The fourth-order valence-corrected chi connectivity index (χ4v) is 4.12. The molecular formula is C20H24F3N5OS. The number of benzene rings is 1. The van der Waals surface area contributed by atoms with Crippen molar-refractivity contribution in [2.75, 3.05) is 25.4 Å². The third-order valence-electron chi connectivity index (χ3n) is 4.74. The van der Waals surface area contributed by atoms with E-state index in [0.717, 1.165) is 50.2 Å². The first-order chi connectivity index (χ1) is 14.4. The van der Waals surface area contributed by atoms with Gasteiger partial charge in [-0.1, -0.05) is 36.4 Å². The summed E-state index contributed by atoms with van der Waals surface area (Å²) in [6.07, 6.45) is 0.297. The molecule has 0 atom stereocenters. The molecule has 1 aromatic carbocycles. The molecule has 1 N–H and O–H groups in total. The molecule has 1 aromatic heterocycles. The second-order valence-corrected chi connectivity index (χ2v) is 7.91. The lowest BCUT2D eigenvalue weighted by atomic mass is 10.1. The van der Waals surface area contributed by atoms with Crippen molar-refractivity contribution in [2.45, 2.75) is 37.1 Å². The van der Waals surface area contributed by atoms with Gasteiger partial charge in [-0.3, -0.25) is 14.3 Å². The molecule has 0 spiro atoms. The fourth-order valence-electron chi connectivity index (χ4n) is 3.33. The molecule has 0 unspecified atom stereocenters. The summed E-state index contributed by atoms with van der Waals surface area (Å²) >= 11 is 1.06. The zero-order valence-electron chi connectivity index (χ0n) is 16.5. The van der Waals surface area contributed by atoms with E-state index in [9.17, 15) is 18.0 Å². The molecule has 2 heterocycles. The number of nitrogens with zero attached hydrogens (tertiary/aromatic N) is 4. The van der Waals surface area contributed by atoms with E-state index in [4.69, 9.17) is 0 Å². The van der Waals surface area contributed by atoms with Crippen molar-refractivity contribution >= 4 is 17.7 Å². The van der Waals surface area contributed by atoms with Gasteiger partial charge in [0, 0.05) is 6.54 Å². The quantitative estimate of drug-likeness (QED) is 0.502. The topological polar surface area (TPSA) is 63.1 Å². The van der Waals surface area contributed by atoms with Crippen LogP contribution in [0.3, 0.4) is 0 Å². The number of carbonyl (C=O) groups is 1. The van der Waals surface area contributed by atoms with Crippen LogP contribution in [-0.2, 0) is 17.5 Å². The monoisotopic (exact) mass is 439 g/mol. The Bertz CT molecular complexity index is 878. The molecule has 2 aromatic rings. The van der Waals surface area contributed by atoms with Gasteiger partial charge in [-0.05, 0) is 38.1 Å². The highest BCUT2D eigenvalue weighted by atomic mass is 32.2. The van der Waals surface area contributed by atoms with Crippen molar-refractivity contribution in [1.82, 2.24) is 25.0 Å². The van der Waals surface area contributed by atoms with E-state index in [1.54, 1.807) is 12.1 Å². The number of thioether (sulfide) groups is 1. The summed E-state index contributed by atoms with van der Waals surface area (Å²) in [5.74, 6) is 0.197. The number of amides is 1. The van der Waals surface area contributed by atoms with Crippen molar-refractivity contribution < 1.29 is 18.0 Å².